The molecule has 0 saturated carbocycles. The Hall–Kier alpha value is -0.680. The zero-order valence-corrected chi connectivity index (χ0v) is 12.8. The molecule has 5 heteroatoms. The van der Waals surface area contributed by atoms with Gasteiger partial charge in [-0.25, -0.2) is 8.78 Å². The third-order valence-corrected chi connectivity index (χ3v) is 4.31. The highest BCUT2D eigenvalue weighted by Gasteiger charge is 2.23. The van der Waals surface area contributed by atoms with Crippen molar-refractivity contribution in [1.29, 1.82) is 0 Å². The number of piperidine rings is 1. The van der Waals surface area contributed by atoms with Crippen LogP contribution in [0.1, 0.15) is 19.8 Å². The number of nitrogens with zero attached hydrogens (tertiary/aromatic N) is 1. The summed E-state index contributed by atoms with van der Waals surface area (Å²) in [5.74, 6) is -0.642. The molecule has 0 bridgehead atoms. The van der Waals surface area contributed by atoms with E-state index in [1.54, 1.807) is 0 Å². The van der Waals surface area contributed by atoms with Crippen LogP contribution in [0.5, 0.6) is 0 Å². The molecule has 1 aromatic rings. The van der Waals surface area contributed by atoms with E-state index >= 15 is 0 Å². The van der Waals surface area contributed by atoms with Gasteiger partial charge in [0.2, 0.25) is 0 Å². The van der Waals surface area contributed by atoms with Crippen molar-refractivity contribution < 1.29 is 8.78 Å². The molecule has 1 N–H and O–H groups in total. The molecule has 1 heterocycles. The third kappa shape index (κ3) is 3.66. The molecular weight excluding hydrogens is 314 g/mol. The summed E-state index contributed by atoms with van der Waals surface area (Å²) < 4.78 is 27.9. The number of rotatable bonds is 3. The lowest BCUT2D eigenvalue weighted by Gasteiger charge is -2.33. The van der Waals surface area contributed by atoms with Crippen molar-refractivity contribution >= 4 is 21.6 Å². The van der Waals surface area contributed by atoms with Crippen molar-refractivity contribution in [3.05, 3.63) is 28.2 Å². The van der Waals surface area contributed by atoms with Crippen LogP contribution in [0.3, 0.4) is 0 Å². The predicted molar refractivity (Wildman–Crippen MR) is 77.4 cm³/mol. The van der Waals surface area contributed by atoms with Gasteiger partial charge in [0.1, 0.15) is 17.3 Å². The van der Waals surface area contributed by atoms with Crippen LogP contribution in [0, 0.1) is 17.6 Å². The molecule has 1 aromatic carbocycles. The molecule has 106 valence electrons. The van der Waals surface area contributed by atoms with E-state index in [0.29, 0.717) is 10.4 Å². The number of hydrogen-bond donors (Lipinski definition) is 1. The van der Waals surface area contributed by atoms with Gasteiger partial charge in [0.25, 0.3) is 0 Å². The Bertz CT molecular complexity index is 422. The standard InChI is InChI=1S/C14H19BrF2N2/c1-9(10-3-5-19(2)6-4-10)18-14-12(16)7-11(15)8-13(14)17/h7-10,18H,3-6H2,1-2H3. The first-order valence-electron chi connectivity index (χ1n) is 6.57. The maximum Gasteiger partial charge on any atom is 0.150 e. The lowest BCUT2D eigenvalue weighted by molar-refractivity contribution is 0.208. The topological polar surface area (TPSA) is 15.3 Å². The van der Waals surface area contributed by atoms with E-state index in [9.17, 15) is 8.78 Å². The highest BCUT2D eigenvalue weighted by Crippen LogP contribution is 2.27. The molecule has 19 heavy (non-hydrogen) atoms. The summed E-state index contributed by atoms with van der Waals surface area (Å²) in [6.45, 7) is 4.08. The SMILES string of the molecule is CC(Nc1c(F)cc(Br)cc1F)C1CCN(C)CC1. The van der Waals surface area contributed by atoms with Crippen LogP contribution >= 0.6 is 15.9 Å². The maximum absolute atomic E-state index is 13.8. The van der Waals surface area contributed by atoms with Crippen molar-refractivity contribution in [2.75, 3.05) is 25.5 Å². The fourth-order valence-electron chi connectivity index (χ4n) is 2.55. The van der Waals surface area contributed by atoms with E-state index in [1.807, 2.05) is 6.92 Å². The summed E-state index contributed by atoms with van der Waals surface area (Å²) in [4.78, 5) is 2.28. The number of nitrogens with one attached hydrogen (secondary N) is 1. The van der Waals surface area contributed by atoms with Gasteiger partial charge >= 0.3 is 0 Å². The minimum atomic E-state index is -0.549. The van der Waals surface area contributed by atoms with Gasteiger partial charge in [-0.3, -0.25) is 0 Å². The van der Waals surface area contributed by atoms with Gasteiger partial charge in [0.15, 0.2) is 0 Å². The second-order valence-electron chi connectivity index (χ2n) is 5.32. The second kappa shape index (κ2) is 6.18. The van der Waals surface area contributed by atoms with Crippen LogP contribution in [0.15, 0.2) is 16.6 Å². The fourth-order valence-corrected chi connectivity index (χ4v) is 2.96. The molecule has 2 nitrogen and oxygen atoms in total. The van der Waals surface area contributed by atoms with E-state index in [2.05, 4.69) is 33.2 Å². The van der Waals surface area contributed by atoms with Crippen LogP contribution in [-0.4, -0.2) is 31.1 Å². The summed E-state index contributed by atoms with van der Waals surface area (Å²) in [6, 6.07) is 2.64. The molecule has 1 atom stereocenters. The van der Waals surface area contributed by atoms with Crippen LogP contribution in [0.4, 0.5) is 14.5 Å². The Kier molecular flexibility index (Phi) is 4.79. The van der Waals surface area contributed by atoms with Crippen LogP contribution in [0.2, 0.25) is 0 Å². The Morgan fingerprint density at radius 2 is 1.79 bits per heavy atom. The second-order valence-corrected chi connectivity index (χ2v) is 6.23. The van der Waals surface area contributed by atoms with Crippen LogP contribution in [0.25, 0.3) is 0 Å². The molecule has 0 aromatic heterocycles. The molecule has 2 rings (SSSR count). The van der Waals surface area contributed by atoms with Crippen LogP contribution < -0.4 is 5.32 Å². The Balaban J connectivity index is 2.04. The van der Waals surface area contributed by atoms with Crippen molar-refractivity contribution in [2.45, 2.75) is 25.8 Å². The lowest BCUT2D eigenvalue weighted by Crippen LogP contribution is -2.37. The number of anilines is 1. The van der Waals surface area contributed by atoms with Gasteiger partial charge < -0.3 is 10.2 Å². The first-order valence-corrected chi connectivity index (χ1v) is 7.36. The van der Waals surface area contributed by atoms with E-state index in [0.717, 1.165) is 25.9 Å². The van der Waals surface area contributed by atoms with Crippen molar-refractivity contribution in [3.63, 3.8) is 0 Å². The molecular formula is C14H19BrF2N2. The smallest absolute Gasteiger partial charge is 0.150 e. The van der Waals surface area contributed by atoms with E-state index < -0.39 is 11.6 Å². The molecule has 0 spiro atoms. The van der Waals surface area contributed by atoms with Crippen LogP contribution in [-0.2, 0) is 0 Å². The van der Waals surface area contributed by atoms with E-state index in [4.69, 9.17) is 0 Å². The van der Waals surface area contributed by atoms with Gasteiger partial charge in [0, 0.05) is 10.5 Å². The highest BCUT2D eigenvalue weighted by atomic mass is 79.9. The quantitative estimate of drug-likeness (QED) is 0.903. The average molecular weight is 333 g/mol. The minimum Gasteiger partial charge on any atom is -0.378 e. The Labute approximate surface area is 121 Å². The van der Waals surface area contributed by atoms with E-state index in [1.165, 1.54) is 12.1 Å². The molecule has 0 radical (unpaired) electrons. The van der Waals surface area contributed by atoms with Gasteiger partial charge in [-0.1, -0.05) is 15.9 Å². The highest BCUT2D eigenvalue weighted by molar-refractivity contribution is 9.10. The average Bonchev–Trinajstić information content (AvgIpc) is 2.34. The van der Waals surface area contributed by atoms with E-state index in [-0.39, 0.29) is 11.7 Å². The first kappa shape index (κ1) is 14.7. The number of benzene rings is 1. The normalized spacial score (nSPS) is 19.4. The van der Waals surface area contributed by atoms with Gasteiger partial charge in [-0.15, -0.1) is 0 Å². The lowest BCUT2D eigenvalue weighted by atomic mass is 9.90. The minimum absolute atomic E-state index is 0.0189. The molecule has 1 aliphatic heterocycles. The summed E-state index contributed by atoms with van der Waals surface area (Å²) in [7, 11) is 2.10. The Morgan fingerprint density at radius 3 is 2.32 bits per heavy atom. The molecule has 1 aliphatic rings. The summed E-state index contributed by atoms with van der Waals surface area (Å²) in [6.07, 6.45) is 2.12. The summed E-state index contributed by atoms with van der Waals surface area (Å²) in [5.41, 5.74) is -0.0189. The zero-order valence-electron chi connectivity index (χ0n) is 11.2. The maximum atomic E-state index is 13.8. The predicted octanol–water partition coefficient (Wildman–Crippen LogP) is 3.87. The van der Waals surface area contributed by atoms with Gasteiger partial charge in [-0.2, -0.15) is 0 Å². The van der Waals surface area contributed by atoms with Crippen molar-refractivity contribution in [3.8, 4) is 0 Å². The Morgan fingerprint density at radius 1 is 1.26 bits per heavy atom. The third-order valence-electron chi connectivity index (χ3n) is 3.85. The van der Waals surface area contributed by atoms with Crippen molar-refractivity contribution in [1.82, 2.24) is 4.90 Å². The number of hydrogen-bond acceptors (Lipinski definition) is 2. The first-order chi connectivity index (χ1) is 8.97. The zero-order chi connectivity index (χ0) is 14.0. The monoisotopic (exact) mass is 332 g/mol. The summed E-state index contributed by atoms with van der Waals surface area (Å²) in [5, 5.41) is 3.00. The molecule has 0 aliphatic carbocycles. The molecule has 1 unspecified atom stereocenters. The largest absolute Gasteiger partial charge is 0.378 e. The molecule has 1 saturated heterocycles. The van der Waals surface area contributed by atoms with Gasteiger partial charge in [-0.05, 0) is 58.0 Å². The molecule has 0 amide bonds. The van der Waals surface area contributed by atoms with Gasteiger partial charge in [0.05, 0.1) is 0 Å². The fraction of sp³-hybridized carbons (Fsp3) is 0.571. The number of likely N-dealkylation sites (tertiary alicyclic amines) is 1. The van der Waals surface area contributed by atoms with Crippen molar-refractivity contribution in [2.24, 2.45) is 5.92 Å². The number of halogens is 3. The molecule has 1 fully saturated rings. The summed E-state index contributed by atoms with van der Waals surface area (Å²) >= 11 is 3.08.